The fourth-order valence-corrected chi connectivity index (χ4v) is 2.37. The molecule has 0 spiro atoms. The third kappa shape index (κ3) is 3.05. The van der Waals surface area contributed by atoms with Gasteiger partial charge >= 0.3 is 0 Å². The van der Waals surface area contributed by atoms with E-state index in [2.05, 4.69) is 0 Å². The second-order valence-corrected chi connectivity index (χ2v) is 4.98. The van der Waals surface area contributed by atoms with Gasteiger partial charge in [0.15, 0.2) is 0 Å². The minimum absolute atomic E-state index is 0.0481. The van der Waals surface area contributed by atoms with E-state index in [4.69, 9.17) is 10.5 Å². The SMILES string of the molecule is COC(C(N)Cc1cc(F)ccc1C)C1CC1. The maximum atomic E-state index is 13.2. The first-order chi connectivity index (χ1) is 8.11. The van der Waals surface area contributed by atoms with Crippen molar-refractivity contribution in [3.63, 3.8) is 0 Å². The molecule has 1 saturated carbocycles. The molecule has 1 aromatic rings. The zero-order valence-electron chi connectivity index (χ0n) is 10.4. The Hall–Kier alpha value is -0.930. The van der Waals surface area contributed by atoms with Crippen LogP contribution in [-0.4, -0.2) is 19.3 Å². The van der Waals surface area contributed by atoms with Crippen molar-refractivity contribution in [1.82, 2.24) is 0 Å². The molecular formula is C14H20FNO. The van der Waals surface area contributed by atoms with Gasteiger partial charge in [-0.05, 0) is 55.4 Å². The average Bonchev–Trinajstić information content (AvgIpc) is 3.09. The summed E-state index contributed by atoms with van der Waals surface area (Å²) in [5, 5.41) is 0. The van der Waals surface area contributed by atoms with E-state index in [9.17, 15) is 4.39 Å². The lowest BCUT2D eigenvalue weighted by atomic mass is 9.96. The smallest absolute Gasteiger partial charge is 0.123 e. The number of nitrogens with two attached hydrogens (primary N) is 1. The summed E-state index contributed by atoms with van der Waals surface area (Å²) >= 11 is 0. The van der Waals surface area contributed by atoms with Crippen molar-refractivity contribution < 1.29 is 9.13 Å². The average molecular weight is 237 g/mol. The Labute approximate surface area is 102 Å². The molecule has 2 nitrogen and oxygen atoms in total. The van der Waals surface area contributed by atoms with Crippen LogP contribution in [0.5, 0.6) is 0 Å². The van der Waals surface area contributed by atoms with Crippen LogP contribution in [0.15, 0.2) is 18.2 Å². The van der Waals surface area contributed by atoms with E-state index in [-0.39, 0.29) is 18.0 Å². The van der Waals surface area contributed by atoms with Crippen LogP contribution in [0.3, 0.4) is 0 Å². The van der Waals surface area contributed by atoms with Gasteiger partial charge in [0, 0.05) is 13.2 Å². The van der Waals surface area contributed by atoms with Crippen molar-refractivity contribution in [3.8, 4) is 0 Å². The van der Waals surface area contributed by atoms with Crippen LogP contribution in [0.25, 0.3) is 0 Å². The molecule has 3 heteroatoms. The van der Waals surface area contributed by atoms with Gasteiger partial charge in [0.2, 0.25) is 0 Å². The molecule has 1 aliphatic carbocycles. The van der Waals surface area contributed by atoms with Crippen LogP contribution in [-0.2, 0) is 11.2 Å². The molecule has 0 bridgehead atoms. The second kappa shape index (κ2) is 5.15. The number of ether oxygens (including phenoxy) is 1. The molecule has 0 aromatic heterocycles. The number of hydrogen-bond donors (Lipinski definition) is 1. The highest BCUT2D eigenvalue weighted by molar-refractivity contribution is 5.27. The summed E-state index contributed by atoms with van der Waals surface area (Å²) in [7, 11) is 1.71. The molecule has 1 aromatic carbocycles. The first kappa shape index (κ1) is 12.5. The van der Waals surface area contributed by atoms with Gasteiger partial charge in [0.25, 0.3) is 0 Å². The molecule has 0 radical (unpaired) electrons. The number of halogens is 1. The lowest BCUT2D eigenvalue weighted by Gasteiger charge is -2.23. The van der Waals surface area contributed by atoms with Crippen molar-refractivity contribution >= 4 is 0 Å². The van der Waals surface area contributed by atoms with Gasteiger partial charge < -0.3 is 10.5 Å². The van der Waals surface area contributed by atoms with Gasteiger partial charge in [-0.2, -0.15) is 0 Å². The van der Waals surface area contributed by atoms with E-state index in [1.54, 1.807) is 19.2 Å². The molecule has 1 fully saturated rings. The molecule has 2 atom stereocenters. The summed E-state index contributed by atoms with van der Waals surface area (Å²) in [6.45, 7) is 1.99. The molecule has 17 heavy (non-hydrogen) atoms. The van der Waals surface area contributed by atoms with Crippen molar-refractivity contribution in [1.29, 1.82) is 0 Å². The van der Waals surface area contributed by atoms with E-state index >= 15 is 0 Å². The van der Waals surface area contributed by atoms with Crippen LogP contribution < -0.4 is 5.73 Å². The van der Waals surface area contributed by atoms with Gasteiger partial charge in [-0.1, -0.05) is 6.07 Å². The Kier molecular flexibility index (Phi) is 3.79. The van der Waals surface area contributed by atoms with Gasteiger partial charge in [-0.3, -0.25) is 0 Å². The molecule has 2 unspecified atom stereocenters. The van der Waals surface area contributed by atoms with Gasteiger partial charge in [0.1, 0.15) is 5.82 Å². The molecule has 0 saturated heterocycles. The lowest BCUT2D eigenvalue weighted by molar-refractivity contribution is 0.0626. The lowest BCUT2D eigenvalue weighted by Crippen LogP contribution is -2.39. The summed E-state index contributed by atoms with van der Waals surface area (Å²) in [5.41, 5.74) is 8.25. The summed E-state index contributed by atoms with van der Waals surface area (Å²) in [5.74, 6) is 0.405. The fraction of sp³-hybridized carbons (Fsp3) is 0.571. The highest BCUT2D eigenvalue weighted by atomic mass is 19.1. The Morgan fingerprint density at radius 2 is 2.18 bits per heavy atom. The van der Waals surface area contributed by atoms with Crippen molar-refractivity contribution in [2.24, 2.45) is 11.7 Å². The van der Waals surface area contributed by atoms with E-state index in [0.717, 1.165) is 11.1 Å². The largest absolute Gasteiger partial charge is 0.380 e. The molecule has 2 rings (SSSR count). The van der Waals surface area contributed by atoms with Gasteiger partial charge in [0.05, 0.1) is 6.10 Å². The third-order valence-electron chi connectivity index (χ3n) is 3.55. The first-order valence-electron chi connectivity index (χ1n) is 6.15. The van der Waals surface area contributed by atoms with Crippen LogP contribution in [0.2, 0.25) is 0 Å². The van der Waals surface area contributed by atoms with Gasteiger partial charge in [-0.25, -0.2) is 4.39 Å². The number of rotatable bonds is 5. The number of methoxy groups -OCH3 is 1. The Balaban J connectivity index is 2.05. The Morgan fingerprint density at radius 1 is 1.47 bits per heavy atom. The van der Waals surface area contributed by atoms with Crippen molar-refractivity contribution in [2.75, 3.05) is 7.11 Å². The maximum absolute atomic E-state index is 13.2. The standard InChI is InChI=1S/C14H20FNO/c1-9-3-6-12(15)7-11(9)8-13(16)14(17-2)10-4-5-10/h3,6-7,10,13-14H,4-5,8,16H2,1-2H3. The molecule has 1 aliphatic rings. The molecule has 0 amide bonds. The molecule has 0 heterocycles. The molecular weight excluding hydrogens is 217 g/mol. The highest BCUT2D eigenvalue weighted by Crippen LogP contribution is 2.35. The maximum Gasteiger partial charge on any atom is 0.123 e. The summed E-state index contributed by atoms with van der Waals surface area (Å²) < 4.78 is 18.6. The van der Waals surface area contributed by atoms with E-state index in [0.29, 0.717) is 12.3 Å². The van der Waals surface area contributed by atoms with Crippen molar-refractivity contribution in [2.45, 2.75) is 38.3 Å². The molecule has 0 aliphatic heterocycles. The topological polar surface area (TPSA) is 35.2 Å². The second-order valence-electron chi connectivity index (χ2n) is 4.98. The van der Waals surface area contributed by atoms with Crippen molar-refractivity contribution in [3.05, 3.63) is 35.1 Å². The minimum Gasteiger partial charge on any atom is -0.380 e. The Morgan fingerprint density at radius 3 is 2.76 bits per heavy atom. The van der Waals surface area contributed by atoms with Crippen LogP contribution in [0.1, 0.15) is 24.0 Å². The van der Waals surface area contributed by atoms with E-state index in [1.807, 2.05) is 6.92 Å². The zero-order chi connectivity index (χ0) is 12.4. The van der Waals surface area contributed by atoms with Crippen LogP contribution >= 0.6 is 0 Å². The summed E-state index contributed by atoms with van der Waals surface area (Å²) in [6, 6.07) is 4.82. The van der Waals surface area contributed by atoms with Crippen LogP contribution in [0.4, 0.5) is 4.39 Å². The molecule has 94 valence electrons. The van der Waals surface area contributed by atoms with Crippen LogP contribution in [0, 0.1) is 18.7 Å². The first-order valence-corrected chi connectivity index (χ1v) is 6.15. The summed E-state index contributed by atoms with van der Waals surface area (Å²) in [4.78, 5) is 0. The third-order valence-corrected chi connectivity index (χ3v) is 3.55. The highest BCUT2D eigenvalue weighted by Gasteiger charge is 2.35. The number of benzene rings is 1. The number of hydrogen-bond acceptors (Lipinski definition) is 2. The molecule has 2 N–H and O–H groups in total. The minimum atomic E-state index is -0.196. The van der Waals surface area contributed by atoms with E-state index < -0.39 is 0 Å². The van der Waals surface area contributed by atoms with E-state index in [1.165, 1.54) is 18.9 Å². The summed E-state index contributed by atoms with van der Waals surface area (Å²) in [6.07, 6.45) is 3.19. The predicted octanol–water partition coefficient (Wildman–Crippen LogP) is 2.43. The monoisotopic (exact) mass is 237 g/mol. The fourth-order valence-electron chi connectivity index (χ4n) is 2.37. The Bertz CT molecular complexity index is 390. The van der Waals surface area contributed by atoms with Gasteiger partial charge in [-0.15, -0.1) is 0 Å². The predicted molar refractivity (Wildman–Crippen MR) is 66.3 cm³/mol. The quantitative estimate of drug-likeness (QED) is 0.853. The normalized spacial score (nSPS) is 19.1. The number of aryl methyl sites for hydroxylation is 1. The zero-order valence-corrected chi connectivity index (χ0v) is 10.4.